The number of carbonyl (C=O) groups excluding carboxylic acids is 1. The normalized spacial score (nSPS) is 19.2. The van der Waals surface area contributed by atoms with E-state index in [2.05, 4.69) is 0 Å². The van der Waals surface area contributed by atoms with Gasteiger partial charge in [0, 0.05) is 13.0 Å². The van der Waals surface area contributed by atoms with Crippen molar-refractivity contribution >= 4 is 5.78 Å². The highest BCUT2D eigenvalue weighted by atomic mass is 19.2. The fraction of sp³-hybridized carbons (Fsp3) is 0.500. The van der Waals surface area contributed by atoms with E-state index in [1.165, 1.54) is 19.1 Å². The number of Topliss-reactive ketones (excluding diaryl/α,β-unsaturated/α-hetero) is 1. The summed E-state index contributed by atoms with van der Waals surface area (Å²) >= 11 is 0. The molecule has 4 heteroatoms. The number of ether oxygens (including phenoxy) is 1. The van der Waals surface area contributed by atoms with E-state index in [9.17, 15) is 13.6 Å². The van der Waals surface area contributed by atoms with Gasteiger partial charge in [0.05, 0.1) is 11.7 Å². The number of hydrogen-bond donors (Lipinski definition) is 0. The molecule has 1 aromatic carbocycles. The minimum Gasteiger partial charge on any atom is -0.378 e. The summed E-state index contributed by atoms with van der Waals surface area (Å²) in [7, 11) is 0. The lowest BCUT2D eigenvalue weighted by Crippen LogP contribution is -2.11. The number of rotatable bonds is 4. The predicted octanol–water partition coefficient (Wildman–Crippen LogP) is 3.42. The van der Waals surface area contributed by atoms with Crippen LogP contribution in [0.3, 0.4) is 0 Å². The molecule has 0 spiro atoms. The Bertz CT molecular complexity index is 451. The average Bonchev–Trinajstić information content (AvgIpc) is 2.86. The lowest BCUT2D eigenvalue weighted by atomic mass is 10.0. The van der Waals surface area contributed by atoms with Crippen LogP contribution >= 0.6 is 0 Å². The van der Waals surface area contributed by atoms with Gasteiger partial charge < -0.3 is 4.74 Å². The Labute approximate surface area is 105 Å². The van der Waals surface area contributed by atoms with E-state index in [4.69, 9.17) is 4.74 Å². The van der Waals surface area contributed by atoms with Crippen LogP contribution in [-0.2, 0) is 4.74 Å². The summed E-state index contributed by atoms with van der Waals surface area (Å²) in [6, 6.07) is 2.78. The zero-order valence-electron chi connectivity index (χ0n) is 10.3. The molecule has 2 rings (SSSR count). The summed E-state index contributed by atoms with van der Waals surface area (Å²) < 4.78 is 32.3. The Hall–Kier alpha value is -1.29. The third kappa shape index (κ3) is 2.75. The topological polar surface area (TPSA) is 26.3 Å². The quantitative estimate of drug-likeness (QED) is 0.770. The van der Waals surface area contributed by atoms with Crippen molar-refractivity contribution < 1.29 is 18.3 Å². The van der Waals surface area contributed by atoms with Crippen molar-refractivity contribution in [3.8, 4) is 0 Å². The van der Waals surface area contributed by atoms with Crippen LogP contribution in [0.15, 0.2) is 12.1 Å². The largest absolute Gasteiger partial charge is 0.378 e. The molecule has 1 aromatic rings. The van der Waals surface area contributed by atoms with E-state index in [-0.39, 0.29) is 29.4 Å². The molecular formula is C14H16F2O2. The second kappa shape index (κ2) is 5.57. The van der Waals surface area contributed by atoms with Crippen LogP contribution in [0.25, 0.3) is 0 Å². The van der Waals surface area contributed by atoms with E-state index in [0.717, 1.165) is 19.4 Å². The maximum Gasteiger partial charge on any atom is 0.169 e. The minimum absolute atomic E-state index is 0.0901. The monoisotopic (exact) mass is 254 g/mol. The Balaban J connectivity index is 2.02. The van der Waals surface area contributed by atoms with Crippen LogP contribution in [0, 0.1) is 18.6 Å². The van der Waals surface area contributed by atoms with Crippen LogP contribution in [0.4, 0.5) is 8.78 Å². The van der Waals surface area contributed by atoms with Crippen LogP contribution < -0.4 is 0 Å². The first-order valence-corrected chi connectivity index (χ1v) is 6.19. The molecule has 18 heavy (non-hydrogen) atoms. The molecule has 0 aromatic heterocycles. The molecule has 1 unspecified atom stereocenters. The van der Waals surface area contributed by atoms with E-state index in [0.29, 0.717) is 6.42 Å². The number of halogens is 2. The summed E-state index contributed by atoms with van der Waals surface area (Å²) in [5, 5.41) is 0. The van der Waals surface area contributed by atoms with Gasteiger partial charge in [-0.15, -0.1) is 0 Å². The molecule has 0 N–H and O–H groups in total. The Morgan fingerprint density at radius 3 is 2.83 bits per heavy atom. The van der Waals surface area contributed by atoms with E-state index in [1.807, 2.05) is 0 Å². The third-order valence-electron chi connectivity index (χ3n) is 3.29. The van der Waals surface area contributed by atoms with Gasteiger partial charge in [-0.2, -0.15) is 0 Å². The molecule has 0 amide bonds. The van der Waals surface area contributed by atoms with E-state index >= 15 is 0 Å². The Morgan fingerprint density at radius 1 is 1.39 bits per heavy atom. The van der Waals surface area contributed by atoms with Gasteiger partial charge in [0.1, 0.15) is 0 Å². The average molecular weight is 254 g/mol. The fourth-order valence-corrected chi connectivity index (χ4v) is 2.16. The summed E-state index contributed by atoms with van der Waals surface area (Å²) in [5.41, 5.74) is 0.0549. The lowest BCUT2D eigenvalue weighted by Gasteiger charge is -2.09. The molecule has 1 heterocycles. The van der Waals surface area contributed by atoms with Crippen molar-refractivity contribution in [1.82, 2.24) is 0 Å². The van der Waals surface area contributed by atoms with Crippen molar-refractivity contribution in [2.45, 2.75) is 38.7 Å². The molecule has 98 valence electrons. The first kappa shape index (κ1) is 13.1. The lowest BCUT2D eigenvalue weighted by molar-refractivity contribution is 0.0856. The number of carbonyl (C=O) groups is 1. The highest BCUT2D eigenvalue weighted by Crippen LogP contribution is 2.21. The summed E-state index contributed by atoms with van der Waals surface area (Å²) in [4.78, 5) is 11.8. The second-order valence-corrected chi connectivity index (χ2v) is 4.65. The maximum absolute atomic E-state index is 13.6. The highest BCUT2D eigenvalue weighted by Gasteiger charge is 2.20. The molecule has 0 radical (unpaired) electrons. The van der Waals surface area contributed by atoms with Crippen LogP contribution in [0.2, 0.25) is 0 Å². The zero-order chi connectivity index (χ0) is 13.1. The van der Waals surface area contributed by atoms with Gasteiger partial charge in [-0.1, -0.05) is 6.07 Å². The fourth-order valence-electron chi connectivity index (χ4n) is 2.16. The first-order chi connectivity index (χ1) is 8.59. The number of benzene rings is 1. The molecule has 1 aliphatic heterocycles. The maximum atomic E-state index is 13.6. The van der Waals surface area contributed by atoms with Gasteiger partial charge in [-0.3, -0.25) is 4.79 Å². The number of hydrogen-bond acceptors (Lipinski definition) is 2. The van der Waals surface area contributed by atoms with Gasteiger partial charge >= 0.3 is 0 Å². The van der Waals surface area contributed by atoms with Gasteiger partial charge in [0.2, 0.25) is 0 Å². The summed E-state index contributed by atoms with van der Waals surface area (Å²) in [5.74, 6) is -2.33. The molecular weight excluding hydrogens is 238 g/mol. The van der Waals surface area contributed by atoms with Crippen LogP contribution in [0.1, 0.15) is 41.6 Å². The van der Waals surface area contributed by atoms with Crippen molar-refractivity contribution in [1.29, 1.82) is 0 Å². The standard InChI is InChI=1S/C14H16F2O2/c1-9-4-6-11(14(16)13(9)15)12(17)7-5-10-3-2-8-18-10/h4,6,10H,2-3,5,7-8H2,1H3. The third-order valence-corrected chi connectivity index (χ3v) is 3.29. The molecule has 1 aliphatic rings. The van der Waals surface area contributed by atoms with E-state index in [1.54, 1.807) is 0 Å². The number of ketones is 1. The smallest absolute Gasteiger partial charge is 0.169 e. The highest BCUT2D eigenvalue weighted by molar-refractivity contribution is 5.96. The number of aryl methyl sites for hydroxylation is 1. The summed E-state index contributed by atoms with van der Waals surface area (Å²) in [6.07, 6.45) is 2.81. The van der Waals surface area contributed by atoms with Crippen molar-refractivity contribution in [2.24, 2.45) is 0 Å². The molecule has 2 nitrogen and oxygen atoms in total. The van der Waals surface area contributed by atoms with E-state index < -0.39 is 11.6 Å². The molecule has 0 bridgehead atoms. The molecule has 0 aliphatic carbocycles. The zero-order valence-corrected chi connectivity index (χ0v) is 10.3. The van der Waals surface area contributed by atoms with Gasteiger partial charge in [-0.25, -0.2) is 8.78 Å². The Kier molecular flexibility index (Phi) is 4.07. The molecule has 1 atom stereocenters. The van der Waals surface area contributed by atoms with Gasteiger partial charge in [-0.05, 0) is 37.8 Å². The Morgan fingerprint density at radius 2 is 2.17 bits per heavy atom. The predicted molar refractivity (Wildman–Crippen MR) is 63.6 cm³/mol. The minimum atomic E-state index is -1.03. The molecule has 1 saturated heterocycles. The van der Waals surface area contributed by atoms with Crippen molar-refractivity contribution in [2.75, 3.05) is 6.61 Å². The van der Waals surface area contributed by atoms with Crippen LogP contribution in [0.5, 0.6) is 0 Å². The van der Waals surface area contributed by atoms with Gasteiger partial charge in [0.15, 0.2) is 17.4 Å². The molecule has 1 fully saturated rings. The SMILES string of the molecule is Cc1ccc(C(=O)CCC2CCCO2)c(F)c1F. The summed E-state index contributed by atoms with van der Waals surface area (Å²) in [6.45, 7) is 2.20. The van der Waals surface area contributed by atoms with Crippen LogP contribution in [-0.4, -0.2) is 18.5 Å². The first-order valence-electron chi connectivity index (χ1n) is 6.19. The second-order valence-electron chi connectivity index (χ2n) is 4.65. The van der Waals surface area contributed by atoms with Crippen molar-refractivity contribution in [3.05, 3.63) is 34.9 Å². The van der Waals surface area contributed by atoms with Crippen molar-refractivity contribution in [3.63, 3.8) is 0 Å². The van der Waals surface area contributed by atoms with Gasteiger partial charge in [0.25, 0.3) is 0 Å². The molecule has 0 saturated carbocycles.